The van der Waals surface area contributed by atoms with Gasteiger partial charge >= 0.3 is 0 Å². The molecule has 0 radical (unpaired) electrons. The number of imidazole rings is 1. The van der Waals surface area contributed by atoms with Gasteiger partial charge in [0.25, 0.3) is 0 Å². The van der Waals surface area contributed by atoms with E-state index in [1.54, 1.807) is 12.4 Å². The predicted molar refractivity (Wildman–Crippen MR) is 69.0 cm³/mol. The standard InChI is InChI=1S/C14H17N3O/c1-2-12(10-18-7-1)8-17-9-14(16-11-17)13-3-5-15-6-4-13/h3-6,9,11-12H,1-2,7-8,10H2. The van der Waals surface area contributed by atoms with Gasteiger partial charge in [-0.25, -0.2) is 4.98 Å². The fourth-order valence-electron chi connectivity index (χ4n) is 2.38. The van der Waals surface area contributed by atoms with Gasteiger partial charge in [-0.3, -0.25) is 4.98 Å². The Labute approximate surface area is 107 Å². The first-order valence-corrected chi connectivity index (χ1v) is 6.42. The second kappa shape index (κ2) is 5.31. The minimum absolute atomic E-state index is 0.623. The Morgan fingerprint density at radius 3 is 3.00 bits per heavy atom. The molecule has 4 heteroatoms. The van der Waals surface area contributed by atoms with Gasteiger partial charge in [-0.2, -0.15) is 0 Å². The molecule has 1 unspecified atom stereocenters. The lowest BCUT2D eigenvalue weighted by molar-refractivity contribution is 0.0483. The highest BCUT2D eigenvalue weighted by atomic mass is 16.5. The van der Waals surface area contributed by atoms with E-state index in [-0.39, 0.29) is 0 Å². The maximum absolute atomic E-state index is 5.50. The maximum Gasteiger partial charge on any atom is 0.0953 e. The number of hydrogen-bond donors (Lipinski definition) is 0. The van der Waals surface area contributed by atoms with Crippen LogP contribution in [0.1, 0.15) is 12.8 Å². The molecule has 1 atom stereocenters. The molecule has 0 spiro atoms. The largest absolute Gasteiger partial charge is 0.381 e. The molecule has 4 nitrogen and oxygen atoms in total. The molecule has 2 aromatic heterocycles. The highest BCUT2D eigenvalue weighted by Crippen LogP contribution is 2.19. The van der Waals surface area contributed by atoms with Crippen LogP contribution in [0.5, 0.6) is 0 Å². The normalized spacial score (nSPS) is 19.9. The van der Waals surface area contributed by atoms with E-state index in [1.165, 1.54) is 12.8 Å². The molecule has 1 aliphatic rings. The zero-order valence-electron chi connectivity index (χ0n) is 10.3. The van der Waals surface area contributed by atoms with Crippen LogP contribution in [0, 0.1) is 5.92 Å². The summed E-state index contributed by atoms with van der Waals surface area (Å²) in [7, 11) is 0. The molecule has 0 aromatic carbocycles. The summed E-state index contributed by atoms with van der Waals surface area (Å²) < 4.78 is 7.67. The molecule has 1 fully saturated rings. The van der Waals surface area contributed by atoms with Crippen molar-refractivity contribution in [2.24, 2.45) is 5.92 Å². The molecular weight excluding hydrogens is 226 g/mol. The van der Waals surface area contributed by atoms with Crippen LogP contribution < -0.4 is 0 Å². The van der Waals surface area contributed by atoms with Gasteiger partial charge in [0, 0.05) is 43.2 Å². The van der Waals surface area contributed by atoms with Crippen molar-refractivity contribution in [1.82, 2.24) is 14.5 Å². The van der Waals surface area contributed by atoms with Crippen LogP contribution in [0.2, 0.25) is 0 Å². The van der Waals surface area contributed by atoms with Crippen molar-refractivity contribution in [2.75, 3.05) is 13.2 Å². The second-order valence-electron chi connectivity index (χ2n) is 4.77. The Bertz CT molecular complexity index is 489. The lowest BCUT2D eigenvalue weighted by Crippen LogP contribution is -2.21. The van der Waals surface area contributed by atoms with Gasteiger partial charge in [-0.05, 0) is 25.0 Å². The average Bonchev–Trinajstić information content (AvgIpc) is 2.89. The molecule has 0 N–H and O–H groups in total. The van der Waals surface area contributed by atoms with E-state index in [0.29, 0.717) is 5.92 Å². The predicted octanol–water partition coefficient (Wildman–Crippen LogP) is 2.37. The molecule has 0 aliphatic carbocycles. The fraction of sp³-hybridized carbons (Fsp3) is 0.429. The van der Waals surface area contributed by atoms with E-state index < -0.39 is 0 Å². The Balaban J connectivity index is 1.69. The lowest BCUT2D eigenvalue weighted by Gasteiger charge is -2.22. The third kappa shape index (κ3) is 2.59. The average molecular weight is 243 g/mol. The van der Waals surface area contributed by atoms with Crippen molar-refractivity contribution in [3.8, 4) is 11.3 Å². The summed E-state index contributed by atoms with van der Waals surface area (Å²) in [6.07, 6.45) is 10.0. The van der Waals surface area contributed by atoms with E-state index >= 15 is 0 Å². The summed E-state index contributed by atoms with van der Waals surface area (Å²) in [5.74, 6) is 0.623. The third-order valence-electron chi connectivity index (χ3n) is 3.33. The van der Waals surface area contributed by atoms with Crippen molar-refractivity contribution in [3.63, 3.8) is 0 Å². The van der Waals surface area contributed by atoms with Crippen molar-refractivity contribution >= 4 is 0 Å². The lowest BCUT2D eigenvalue weighted by atomic mass is 10.0. The quantitative estimate of drug-likeness (QED) is 0.831. The van der Waals surface area contributed by atoms with Crippen LogP contribution in [0.3, 0.4) is 0 Å². The summed E-state index contributed by atoms with van der Waals surface area (Å²) >= 11 is 0. The topological polar surface area (TPSA) is 39.9 Å². The SMILES string of the molecule is c1cc(-c2cn(CC3CCCOC3)cn2)ccn1. The van der Waals surface area contributed by atoms with Gasteiger partial charge in [0.2, 0.25) is 0 Å². The van der Waals surface area contributed by atoms with Gasteiger partial charge in [-0.15, -0.1) is 0 Å². The molecular formula is C14H17N3O. The molecule has 0 bridgehead atoms. The van der Waals surface area contributed by atoms with Gasteiger partial charge in [-0.1, -0.05) is 0 Å². The van der Waals surface area contributed by atoms with Crippen LogP contribution in [-0.4, -0.2) is 27.7 Å². The second-order valence-corrected chi connectivity index (χ2v) is 4.77. The maximum atomic E-state index is 5.50. The molecule has 0 amide bonds. The molecule has 18 heavy (non-hydrogen) atoms. The van der Waals surface area contributed by atoms with Gasteiger partial charge in [0.1, 0.15) is 0 Å². The van der Waals surface area contributed by atoms with E-state index in [2.05, 4.69) is 20.7 Å². The highest BCUT2D eigenvalue weighted by Gasteiger charge is 2.14. The summed E-state index contributed by atoms with van der Waals surface area (Å²) in [5.41, 5.74) is 2.12. The molecule has 1 saturated heterocycles. The monoisotopic (exact) mass is 243 g/mol. The number of nitrogens with zero attached hydrogens (tertiary/aromatic N) is 3. The van der Waals surface area contributed by atoms with Crippen LogP contribution in [-0.2, 0) is 11.3 Å². The minimum Gasteiger partial charge on any atom is -0.381 e. The number of rotatable bonds is 3. The molecule has 3 heterocycles. The van der Waals surface area contributed by atoms with Crippen molar-refractivity contribution in [1.29, 1.82) is 0 Å². The Morgan fingerprint density at radius 2 is 2.22 bits per heavy atom. The zero-order valence-corrected chi connectivity index (χ0v) is 10.3. The van der Waals surface area contributed by atoms with Gasteiger partial charge in [0.15, 0.2) is 0 Å². The summed E-state index contributed by atoms with van der Waals surface area (Å²) in [5, 5.41) is 0. The Morgan fingerprint density at radius 1 is 1.33 bits per heavy atom. The molecule has 2 aromatic rings. The Hall–Kier alpha value is -1.68. The third-order valence-corrected chi connectivity index (χ3v) is 3.33. The van der Waals surface area contributed by atoms with Crippen molar-refractivity contribution in [2.45, 2.75) is 19.4 Å². The van der Waals surface area contributed by atoms with Crippen molar-refractivity contribution < 1.29 is 4.74 Å². The fourth-order valence-corrected chi connectivity index (χ4v) is 2.38. The minimum atomic E-state index is 0.623. The van der Waals surface area contributed by atoms with Crippen molar-refractivity contribution in [3.05, 3.63) is 37.1 Å². The number of aromatic nitrogens is 3. The first-order chi connectivity index (χ1) is 8.92. The van der Waals surface area contributed by atoms with E-state index in [0.717, 1.165) is 31.0 Å². The Kier molecular flexibility index (Phi) is 3.37. The summed E-state index contributed by atoms with van der Waals surface area (Å²) in [4.78, 5) is 8.47. The molecule has 0 saturated carbocycles. The van der Waals surface area contributed by atoms with Gasteiger partial charge < -0.3 is 9.30 Å². The summed E-state index contributed by atoms with van der Waals surface area (Å²) in [6, 6.07) is 3.97. The molecule has 1 aliphatic heterocycles. The summed E-state index contributed by atoms with van der Waals surface area (Å²) in [6.45, 7) is 2.80. The highest BCUT2D eigenvalue weighted by molar-refractivity contribution is 5.56. The van der Waals surface area contributed by atoms with Crippen LogP contribution in [0.4, 0.5) is 0 Å². The first-order valence-electron chi connectivity index (χ1n) is 6.42. The van der Waals surface area contributed by atoms with E-state index in [1.807, 2.05) is 18.5 Å². The smallest absolute Gasteiger partial charge is 0.0953 e. The van der Waals surface area contributed by atoms with E-state index in [4.69, 9.17) is 4.74 Å². The van der Waals surface area contributed by atoms with Crippen LogP contribution in [0.15, 0.2) is 37.1 Å². The number of hydrogen-bond acceptors (Lipinski definition) is 3. The molecule has 94 valence electrons. The van der Waals surface area contributed by atoms with Crippen LogP contribution >= 0.6 is 0 Å². The van der Waals surface area contributed by atoms with Crippen LogP contribution in [0.25, 0.3) is 11.3 Å². The number of pyridine rings is 1. The van der Waals surface area contributed by atoms with E-state index in [9.17, 15) is 0 Å². The molecule has 3 rings (SSSR count). The first kappa shape index (κ1) is 11.4. The van der Waals surface area contributed by atoms with Gasteiger partial charge in [0.05, 0.1) is 18.6 Å². The number of ether oxygens (including phenoxy) is 1. The zero-order chi connectivity index (χ0) is 12.2.